The van der Waals surface area contributed by atoms with Gasteiger partial charge in [-0.2, -0.15) is 5.10 Å². The first-order valence-corrected chi connectivity index (χ1v) is 9.00. The summed E-state index contributed by atoms with van der Waals surface area (Å²) in [7, 11) is 0. The number of hydrogen-bond acceptors (Lipinski definition) is 3. The Bertz CT molecular complexity index is 1010. The molecule has 0 aliphatic carbocycles. The van der Waals surface area contributed by atoms with E-state index in [1.165, 1.54) is 24.3 Å². The van der Waals surface area contributed by atoms with Crippen molar-refractivity contribution in [3.8, 4) is 11.4 Å². The summed E-state index contributed by atoms with van der Waals surface area (Å²) in [6, 6.07) is 15.3. The second kappa shape index (κ2) is 8.52. The standard InChI is InChI=1S/C22H22FN3O2/c1-4-28-21-10-8-20(9-11-21)26-15(2)12-18(16(26)3)14-24-25-22(27)17-6-5-7-19(23)13-17/h5-14H,4H2,1-3H3,(H,25,27)/b24-14-. The molecule has 1 amide bonds. The highest BCUT2D eigenvalue weighted by atomic mass is 19.1. The number of carbonyl (C=O) groups is 1. The lowest BCUT2D eigenvalue weighted by Crippen LogP contribution is -2.17. The molecule has 0 saturated heterocycles. The van der Waals surface area contributed by atoms with Crippen molar-refractivity contribution in [1.29, 1.82) is 0 Å². The first-order valence-electron chi connectivity index (χ1n) is 9.00. The number of benzene rings is 2. The van der Waals surface area contributed by atoms with Gasteiger partial charge in [0.1, 0.15) is 11.6 Å². The van der Waals surface area contributed by atoms with Crippen LogP contribution in [0.3, 0.4) is 0 Å². The number of rotatable bonds is 6. The fourth-order valence-corrected chi connectivity index (χ4v) is 3.03. The number of halogens is 1. The molecular formula is C22H22FN3O2. The van der Waals surface area contributed by atoms with E-state index in [-0.39, 0.29) is 5.56 Å². The quantitative estimate of drug-likeness (QED) is 0.510. The molecule has 0 atom stereocenters. The third-order valence-corrected chi connectivity index (χ3v) is 4.33. The van der Waals surface area contributed by atoms with E-state index < -0.39 is 11.7 Å². The maximum Gasteiger partial charge on any atom is 0.271 e. The van der Waals surface area contributed by atoms with Crippen LogP contribution in [-0.2, 0) is 0 Å². The SMILES string of the molecule is CCOc1ccc(-n2c(C)cc(/C=N\NC(=O)c3cccc(F)c3)c2C)cc1. The Balaban J connectivity index is 1.76. The van der Waals surface area contributed by atoms with E-state index in [0.717, 1.165) is 28.4 Å². The van der Waals surface area contributed by atoms with Crippen molar-refractivity contribution >= 4 is 12.1 Å². The van der Waals surface area contributed by atoms with Crippen molar-refractivity contribution < 1.29 is 13.9 Å². The molecule has 0 fully saturated rings. The summed E-state index contributed by atoms with van der Waals surface area (Å²) >= 11 is 0. The van der Waals surface area contributed by atoms with E-state index in [9.17, 15) is 9.18 Å². The molecule has 1 heterocycles. The predicted molar refractivity (Wildman–Crippen MR) is 108 cm³/mol. The van der Waals surface area contributed by atoms with Crippen molar-refractivity contribution in [3.05, 3.63) is 82.9 Å². The van der Waals surface area contributed by atoms with E-state index >= 15 is 0 Å². The van der Waals surface area contributed by atoms with Crippen molar-refractivity contribution in [2.75, 3.05) is 6.61 Å². The van der Waals surface area contributed by atoms with Crippen LogP contribution in [0.5, 0.6) is 5.75 Å². The van der Waals surface area contributed by atoms with Crippen LogP contribution in [0.2, 0.25) is 0 Å². The lowest BCUT2D eigenvalue weighted by atomic mass is 10.2. The Morgan fingerprint density at radius 1 is 1.18 bits per heavy atom. The number of carbonyl (C=O) groups excluding carboxylic acids is 1. The highest BCUT2D eigenvalue weighted by molar-refractivity contribution is 5.95. The van der Waals surface area contributed by atoms with Gasteiger partial charge in [0.05, 0.1) is 12.8 Å². The number of aryl methyl sites for hydroxylation is 1. The van der Waals surface area contributed by atoms with Crippen molar-refractivity contribution in [2.24, 2.45) is 5.10 Å². The average molecular weight is 379 g/mol. The van der Waals surface area contributed by atoms with Crippen molar-refractivity contribution in [2.45, 2.75) is 20.8 Å². The fraction of sp³-hybridized carbons (Fsp3) is 0.182. The third-order valence-electron chi connectivity index (χ3n) is 4.33. The van der Waals surface area contributed by atoms with Gasteiger partial charge in [-0.25, -0.2) is 9.82 Å². The normalized spacial score (nSPS) is 11.0. The molecule has 0 unspecified atom stereocenters. The Morgan fingerprint density at radius 2 is 1.93 bits per heavy atom. The summed E-state index contributed by atoms with van der Waals surface area (Å²) < 4.78 is 20.8. The third kappa shape index (κ3) is 4.28. The van der Waals surface area contributed by atoms with Crippen LogP contribution in [-0.4, -0.2) is 23.3 Å². The van der Waals surface area contributed by atoms with E-state index in [2.05, 4.69) is 15.1 Å². The Kier molecular flexibility index (Phi) is 5.89. The monoisotopic (exact) mass is 379 g/mol. The molecule has 0 saturated carbocycles. The summed E-state index contributed by atoms with van der Waals surface area (Å²) in [5, 5.41) is 4.01. The van der Waals surface area contributed by atoms with E-state index in [0.29, 0.717) is 6.61 Å². The molecule has 3 rings (SSSR count). The van der Waals surface area contributed by atoms with Gasteiger partial charge in [0.25, 0.3) is 5.91 Å². The van der Waals surface area contributed by atoms with Gasteiger partial charge in [0, 0.05) is 28.2 Å². The zero-order valence-corrected chi connectivity index (χ0v) is 16.1. The summed E-state index contributed by atoms with van der Waals surface area (Å²) in [4.78, 5) is 12.0. The fourth-order valence-electron chi connectivity index (χ4n) is 3.03. The van der Waals surface area contributed by atoms with E-state index in [1.807, 2.05) is 51.1 Å². The molecule has 1 aromatic heterocycles. The zero-order valence-electron chi connectivity index (χ0n) is 16.1. The minimum atomic E-state index is -0.462. The van der Waals surface area contributed by atoms with Gasteiger partial charge in [-0.3, -0.25) is 4.79 Å². The summed E-state index contributed by atoms with van der Waals surface area (Å²) in [6.45, 7) is 6.57. The molecule has 0 bridgehead atoms. The van der Waals surface area contributed by atoms with Gasteiger partial charge in [0.2, 0.25) is 0 Å². The van der Waals surface area contributed by atoms with Crippen molar-refractivity contribution in [1.82, 2.24) is 9.99 Å². The number of ether oxygens (including phenoxy) is 1. The van der Waals surface area contributed by atoms with Gasteiger partial charge < -0.3 is 9.30 Å². The maximum atomic E-state index is 13.2. The first-order chi connectivity index (χ1) is 13.5. The smallest absolute Gasteiger partial charge is 0.271 e. The summed E-state index contributed by atoms with van der Waals surface area (Å²) in [5.41, 5.74) is 6.58. The van der Waals surface area contributed by atoms with E-state index in [4.69, 9.17) is 4.74 Å². The molecule has 3 aromatic rings. The molecule has 28 heavy (non-hydrogen) atoms. The number of hydrogen-bond donors (Lipinski definition) is 1. The molecule has 0 aliphatic rings. The Hall–Kier alpha value is -3.41. The molecule has 5 nitrogen and oxygen atoms in total. The van der Waals surface area contributed by atoms with Crippen LogP contribution < -0.4 is 10.2 Å². The molecule has 1 N–H and O–H groups in total. The second-order valence-corrected chi connectivity index (χ2v) is 6.30. The topological polar surface area (TPSA) is 55.6 Å². The zero-order chi connectivity index (χ0) is 20.1. The van der Waals surface area contributed by atoms with Crippen LogP contribution in [0.4, 0.5) is 4.39 Å². The first kappa shape index (κ1) is 19.4. The number of hydrazone groups is 1. The summed E-state index contributed by atoms with van der Waals surface area (Å²) in [5.74, 6) is -0.0952. The van der Waals surface area contributed by atoms with Gasteiger partial charge in [0.15, 0.2) is 0 Å². The molecule has 144 valence electrons. The molecular weight excluding hydrogens is 357 g/mol. The average Bonchev–Trinajstić information content (AvgIpc) is 2.96. The van der Waals surface area contributed by atoms with Crippen LogP contribution >= 0.6 is 0 Å². The van der Waals surface area contributed by atoms with Gasteiger partial charge in [-0.05, 0) is 69.3 Å². The van der Waals surface area contributed by atoms with Gasteiger partial charge in [-0.1, -0.05) is 6.07 Å². The Labute approximate surface area is 163 Å². The molecule has 0 aliphatic heterocycles. The molecule has 6 heteroatoms. The summed E-state index contributed by atoms with van der Waals surface area (Å²) in [6.07, 6.45) is 1.59. The number of nitrogens with zero attached hydrogens (tertiary/aromatic N) is 2. The van der Waals surface area contributed by atoms with Crippen LogP contribution in [0.15, 0.2) is 59.7 Å². The lowest BCUT2D eigenvalue weighted by Gasteiger charge is -2.10. The number of aromatic nitrogens is 1. The lowest BCUT2D eigenvalue weighted by molar-refractivity contribution is 0.0954. The predicted octanol–water partition coefficient (Wildman–Crippen LogP) is 4.40. The number of nitrogens with one attached hydrogen (secondary N) is 1. The second-order valence-electron chi connectivity index (χ2n) is 6.30. The van der Waals surface area contributed by atoms with Crippen LogP contribution in [0.1, 0.15) is 34.2 Å². The number of amides is 1. The largest absolute Gasteiger partial charge is 0.494 e. The van der Waals surface area contributed by atoms with Gasteiger partial charge >= 0.3 is 0 Å². The highest BCUT2D eigenvalue weighted by Gasteiger charge is 2.10. The molecule has 0 spiro atoms. The molecule has 0 radical (unpaired) electrons. The minimum Gasteiger partial charge on any atom is -0.494 e. The highest BCUT2D eigenvalue weighted by Crippen LogP contribution is 2.22. The maximum absolute atomic E-state index is 13.2. The van der Waals surface area contributed by atoms with E-state index in [1.54, 1.807) is 6.21 Å². The van der Waals surface area contributed by atoms with Crippen LogP contribution in [0, 0.1) is 19.7 Å². The van der Waals surface area contributed by atoms with Crippen molar-refractivity contribution in [3.63, 3.8) is 0 Å². The van der Waals surface area contributed by atoms with Gasteiger partial charge in [-0.15, -0.1) is 0 Å². The van der Waals surface area contributed by atoms with Crippen LogP contribution in [0.25, 0.3) is 5.69 Å². The Morgan fingerprint density at radius 3 is 2.61 bits per heavy atom. The molecule has 2 aromatic carbocycles. The minimum absolute atomic E-state index is 0.219.